The van der Waals surface area contributed by atoms with E-state index in [2.05, 4.69) is 23.1 Å². The Hall–Kier alpha value is -3.29. The van der Waals surface area contributed by atoms with Crippen molar-refractivity contribution in [2.24, 2.45) is 21.7 Å². The molecule has 0 saturated heterocycles. The normalized spacial score (nSPS) is 16.0. The third-order valence-corrected chi connectivity index (χ3v) is 4.75. The summed E-state index contributed by atoms with van der Waals surface area (Å²) >= 11 is 0. The standard InChI is InChI=1S/C17H28N6O3.C6H7F/c1-11(10-21-22(4)12(2)20-3)9-14(18)16(24)23(19)15-8-6-5-7-13(15)17(25)26;1-3-5-6(7)4-2/h10,14H,1,5-9,18-19H2,2-4H3,(H,25,26);2-3,5-6H,1H3/b20-12?,21-10-;5-3-. The van der Waals surface area contributed by atoms with Crippen molar-refractivity contribution in [1.82, 2.24) is 10.0 Å². The molecule has 0 radical (unpaired) electrons. The molecule has 2 atom stereocenters. The second-order valence-electron chi connectivity index (χ2n) is 7.25. The molecule has 0 spiro atoms. The number of nitrogens with zero attached hydrogens (tertiary/aromatic N) is 4. The molecule has 1 rings (SSSR count). The number of aliphatic imine (C=N–C) groups is 1. The zero-order valence-corrected chi connectivity index (χ0v) is 19.8. The molecular weight excluding hydrogens is 427 g/mol. The van der Waals surface area contributed by atoms with Gasteiger partial charge in [0.15, 0.2) is 6.17 Å². The van der Waals surface area contributed by atoms with Crippen molar-refractivity contribution in [3.05, 3.63) is 35.6 Å². The number of aliphatic carboxylic acids is 1. The van der Waals surface area contributed by atoms with Crippen LogP contribution in [0.5, 0.6) is 0 Å². The summed E-state index contributed by atoms with van der Waals surface area (Å²) in [5.74, 6) is 6.90. The Morgan fingerprint density at radius 3 is 2.48 bits per heavy atom. The molecule has 0 aliphatic heterocycles. The van der Waals surface area contributed by atoms with Crippen LogP contribution < -0.4 is 11.6 Å². The highest BCUT2D eigenvalue weighted by Gasteiger charge is 2.28. The molecule has 182 valence electrons. The van der Waals surface area contributed by atoms with E-state index in [4.69, 9.17) is 11.6 Å². The third kappa shape index (κ3) is 10.7. The Balaban J connectivity index is 0.00000126. The highest BCUT2D eigenvalue weighted by molar-refractivity contribution is 5.91. The van der Waals surface area contributed by atoms with Crippen molar-refractivity contribution in [2.45, 2.75) is 58.2 Å². The number of carbonyl (C=O) groups is 2. The molecule has 1 aliphatic carbocycles. The van der Waals surface area contributed by atoms with E-state index >= 15 is 0 Å². The number of hydrazone groups is 1. The van der Waals surface area contributed by atoms with E-state index in [1.54, 1.807) is 39.0 Å². The van der Waals surface area contributed by atoms with E-state index in [-0.39, 0.29) is 12.0 Å². The zero-order valence-electron chi connectivity index (χ0n) is 19.8. The number of hydrogen-bond donors (Lipinski definition) is 3. The van der Waals surface area contributed by atoms with Crippen LogP contribution in [0.2, 0.25) is 0 Å². The lowest BCUT2D eigenvalue weighted by molar-refractivity contribution is -0.133. The van der Waals surface area contributed by atoms with Gasteiger partial charge < -0.3 is 10.8 Å². The molecule has 9 nitrogen and oxygen atoms in total. The van der Waals surface area contributed by atoms with Crippen molar-refractivity contribution >= 4 is 23.9 Å². The lowest BCUT2D eigenvalue weighted by Gasteiger charge is -2.27. The Labute approximate surface area is 195 Å². The number of carbonyl (C=O) groups excluding carboxylic acids is 1. The molecule has 1 amide bonds. The maximum atomic E-state index is 12.5. The monoisotopic (exact) mass is 462 g/mol. The number of allylic oxidation sites excluding steroid dienone is 3. The fraction of sp³-hybridized carbons (Fsp3) is 0.478. The van der Waals surface area contributed by atoms with Crippen LogP contribution in [-0.4, -0.2) is 65.4 Å². The number of rotatable bonds is 8. The minimum atomic E-state index is -1.20. The van der Waals surface area contributed by atoms with Crippen LogP contribution in [0.25, 0.3) is 0 Å². The summed E-state index contributed by atoms with van der Waals surface area (Å²) in [7, 11) is 3.40. The van der Waals surface area contributed by atoms with Gasteiger partial charge in [-0.3, -0.25) is 19.8 Å². The SMILES string of the molecule is C#CC(F)/C=C\C.C=C(/C=N\N(C)C(C)=NC)CC(N)C(=O)N(N)C1=C(C(=O)O)CCCC1. The Morgan fingerprint density at radius 2 is 2.00 bits per heavy atom. The van der Waals surface area contributed by atoms with Gasteiger partial charge >= 0.3 is 5.97 Å². The number of alkyl halides is 1. The average molecular weight is 463 g/mol. The second-order valence-corrected chi connectivity index (χ2v) is 7.25. The van der Waals surface area contributed by atoms with Crippen LogP contribution in [-0.2, 0) is 9.59 Å². The first-order valence-corrected chi connectivity index (χ1v) is 10.4. The molecule has 0 aromatic heterocycles. The van der Waals surface area contributed by atoms with Crippen molar-refractivity contribution in [2.75, 3.05) is 14.1 Å². The molecule has 0 aromatic carbocycles. The first kappa shape index (κ1) is 29.7. The predicted octanol–water partition coefficient (Wildman–Crippen LogP) is 2.37. The number of amidine groups is 1. The van der Waals surface area contributed by atoms with Crippen LogP contribution in [0.4, 0.5) is 4.39 Å². The largest absolute Gasteiger partial charge is 0.478 e. The van der Waals surface area contributed by atoms with Gasteiger partial charge in [-0.05, 0) is 57.6 Å². The quantitative estimate of drug-likeness (QED) is 0.0963. The lowest BCUT2D eigenvalue weighted by Crippen LogP contribution is -2.48. The zero-order chi connectivity index (χ0) is 25.6. The summed E-state index contributed by atoms with van der Waals surface area (Å²) < 4.78 is 11.8. The van der Waals surface area contributed by atoms with Gasteiger partial charge in [-0.15, -0.1) is 6.42 Å². The Morgan fingerprint density at radius 1 is 1.39 bits per heavy atom. The van der Waals surface area contributed by atoms with E-state index < -0.39 is 24.1 Å². The van der Waals surface area contributed by atoms with Crippen LogP contribution in [0.1, 0.15) is 46.0 Å². The predicted molar refractivity (Wildman–Crippen MR) is 130 cm³/mol. The summed E-state index contributed by atoms with van der Waals surface area (Å²) in [6.45, 7) is 7.37. The summed E-state index contributed by atoms with van der Waals surface area (Å²) in [5, 5.41) is 15.9. The molecule has 33 heavy (non-hydrogen) atoms. The molecule has 0 heterocycles. The first-order chi connectivity index (χ1) is 15.5. The van der Waals surface area contributed by atoms with E-state index in [9.17, 15) is 19.1 Å². The Bertz CT molecular complexity index is 857. The number of nitrogens with two attached hydrogens (primary N) is 2. The van der Waals surface area contributed by atoms with Gasteiger partial charge in [0.05, 0.1) is 17.8 Å². The van der Waals surface area contributed by atoms with Gasteiger partial charge in [0.25, 0.3) is 5.91 Å². The summed E-state index contributed by atoms with van der Waals surface area (Å²) in [5.41, 5.74) is 6.99. The molecule has 10 heteroatoms. The van der Waals surface area contributed by atoms with Crippen LogP contribution in [0.15, 0.2) is 45.7 Å². The maximum absolute atomic E-state index is 12.5. The van der Waals surface area contributed by atoms with E-state index in [1.165, 1.54) is 12.3 Å². The van der Waals surface area contributed by atoms with Gasteiger partial charge in [0.2, 0.25) is 0 Å². The number of terminal acetylenes is 1. The number of hydrogen-bond acceptors (Lipinski definition) is 6. The molecular formula is C23H35FN6O3. The topological polar surface area (TPSA) is 138 Å². The number of carboxylic acids is 1. The van der Waals surface area contributed by atoms with Crippen LogP contribution in [0.3, 0.4) is 0 Å². The minimum Gasteiger partial charge on any atom is -0.478 e. The Kier molecular flexibility index (Phi) is 14.0. The van der Waals surface area contributed by atoms with Crippen LogP contribution >= 0.6 is 0 Å². The second kappa shape index (κ2) is 15.5. The van der Waals surface area contributed by atoms with Gasteiger partial charge in [0.1, 0.15) is 5.84 Å². The molecule has 0 aromatic rings. The van der Waals surface area contributed by atoms with Crippen molar-refractivity contribution in [3.63, 3.8) is 0 Å². The highest BCUT2D eigenvalue weighted by atomic mass is 19.1. The maximum Gasteiger partial charge on any atom is 0.333 e. The number of hydrazine groups is 1. The number of amides is 1. The van der Waals surface area contributed by atoms with E-state index in [1.807, 2.05) is 5.92 Å². The van der Waals surface area contributed by atoms with Gasteiger partial charge in [-0.2, -0.15) is 5.10 Å². The van der Waals surface area contributed by atoms with E-state index in [0.717, 1.165) is 17.9 Å². The summed E-state index contributed by atoms with van der Waals surface area (Å²) in [6.07, 6.45) is 10.4. The fourth-order valence-corrected chi connectivity index (χ4v) is 2.74. The molecule has 0 bridgehead atoms. The van der Waals surface area contributed by atoms with Gasteiger partial charge in [-0.1, -0.05) is 18.6 Å². The van der Waals surface area contributed by atoms with E-state index in [0.29, 0.717) is 29.9 Å². The summed E-state index contributed by atoms with van der Waals surface area (Å²) in [4.78, 5) is 27.8. The third-order valence-electron chi connectivity index (χ3n) is 4.75. The van der Waals surface area contributed by atoms with Gasteiger partial charge in [0, 0.05) is 19.8 Å². The molecule has 0 fully saturated rings. The smallest absolute Gasteiger partial charge is 0.333 e. The fourth-order valence-electron chi connectivity index (χ4n) is 2.74. The molecule has 1 aliphatic rings. The van der Waals surface area contributed by atoms with Crippen molar-refractivity contribution in [1.29, 1.82) is 0 Å². The molecule has 2 unspecified atom stereocenters. The average Bonchev–Trinajstić information content (AvgIpc) is 2.81. The first-order valence-electron chi connectivity index (χ1n) is 10.4. The lowest BCUT2D eigenvalue weighted by atomic mass is 9.95. The number of halogens is 1. The van der Waals surface area contributed by atoms with Crippen molar-refractivity contribution in [3.8, 4) is 12.3 Å². The molecule has 5 N–H and O–H groups in total. The summed E-state index contributed by atoms with van der Waals surface area (Å²) in [6, 6.07) is -0.935. The highest BCUT2D eigenvalue weighted by Crippen LogP contribution is 2.26. The molecule has 0 saturated carbocycles. The van der Waals surface area contributed by atoms with Gasteiger partial charge in [-0.25, -0.2) is 15.0 Å². The van der Waals surface area contributed by atoms with Crippen molar-refractivity contribution < 1.29 is 19.1 Å². The minimum absolute atomic E-state index is 0.155. The number of carboxylic acid groups (broad SMARTS) is 1. The van der Waals surface area contributed by atoms with Crippen LogP contribution in [0, 0.1) is 12.3 Å².